The SMILES string of the molecule is CCCCCCCCCCc1ccc2ccc(CN)cc2c1. The van der Waals surface area contributed by atoms with Crippen molar-refractivity contribution >= 4 is 10.8 Å². The van der Waals surface area contributed by atoms with E-state index in [2.05, 4.69) is 43.3 Å². The highest BCUT2D eigenvalue weighted by Gasteiger charge is 1.99. The average molecular weight is 297 g/mol. The van der Waals surface area contributed by atoms with E-state index >= 15 is 0 Å². The van der Waals surface area contributed by atoms with Crippen LogP contribution in [0.2, 0.25) is 0 Å². The quantitative estimate of drug-likeness (QED) is 0.536. The van der Waals surface area contributed by atoms with Gasteiger partial charge in [-0.1, -0.05) is 82.2 Å². The molecular formula is C21H31N. The van der Waals surface area contributed by atoms with Gasteiger partial charge in [-0.2, -0.15) is 0 Å². The molecule has 0 unspecified atom stereocenters. The molecule has 22 heavy (non-hydrogen) atoms. The molecule has 120 valence electrons. The summed E-state index contributed by atoms with van der Waals surface area (Å²) in [6, 6.07) is 13.4. The Hall–Kier alpha value is -1.34. The molecule has 2 rings (SSSR count). The second-order valence-corrected chi connectivity index (χ2v) is 6.44. The molecular weight excluding hydrogens is 266 g/mol. The second kappa shape index (κ2) is 9.63. The largest absolute Gasteiger partial charge is 0.326 e. The van der Waals surface area contributed by atoms with Gasteiger partial charge in [-0.3, -0.25) is 0 Å². The zero-order chi connectivity index (χ0) is 15.6. The second-order valence-electron chi connectivity index (χ2n) is 6.44. The van der Waals surface area contributed by atoms with Crippen molar-refractivity contribution in [3.63, 3.8) is 0 Å². The minimum Gasteiger partial charge on any atom is -0.326 e. The molecule has 0 heterocycles. The predicted molar refractivity (Wildman–Crippen MR) is 98.2 cm³/mol. The zero-order valence-electron chi connectivity index (χ0n) is 14.1. The van der Waals surface area contributed by atoms with Crippen LogP contribution in [-0.4, -0.2) is 0 Å². The van der Waals surface area contributed by atoms with Crippen LogP contribution in [0.1, 0.15) is 69.4 Å². The molecule has 0 saturated heterocycles. The Morgan fingerprint density at radius 1 is 0.682 bits per heavy atom. The van der Waals surface area contributed by atoms with Gasteiger partial charge in [0.15, 0.2) is 0 Å². The maximum Gasteiger partial charge on any atom is 0.0178 e. The number of aryl methyl sites for hydroxylation is 1. The van der Waals surface area contributed by atoms with Gasteiger partial charge in [-0.15, -0.1) is 0 Å². The van der Waals surface area contributed by atoms with E-state index in [0.29, 0.717) is 6.54 Å². The summed E-state index contributed by atoms with van der Waals surface area (Å²) < 4.78 is 0. The Balaban J connectivity index is 1.74. The number of benzene rings is 2. The van der Waals surface area contributed by atoms with Gasteiger partial charge >= 0.3 is 0 Å². The van der Waals surface area contributed by atoms with Crippen LogP contribution in [-0.2, 0) is 13.0 Å². The fraction of sp³-hybridized carbons (Fsp3) is 0.524. The van der Waals surface area contributed by atoms with Crippen molar-refractivity contribution in [3.05, 3.63) is 47.5 Å². The molecule has 2 aromatic rings. The van der Waals surface area contributed by atoms with Gasteiger partial charge in [0.1, 0.15) is 0 Å². The first-order valence-electron chi connectivity index (χ1n) is 9.05. The monoisotopic (exact) mass is 297 g/mol. The lowest BCUT2D eigenvalue weighted by molar-refractivity contribution is 0.575. The number of rotatable bonds is 10. The van der Waals surface area contributed by atoms with Gasteiger partial charge in [-0.05, 0) is 40.8 Å². The van der Waals surface area contributed by atoms with E-state index < -0.39 is 0 Å². The van der Waals surface area contributed by atoms with Crippen molar-refractivity contribution in [2.75, 3.05) is 0 Å². The molecule has 2 aromatic carbocycles. The Kier molecular flexibility index (Phi) is 7.45. The summed E-state index contributed by atoms with van der Waals surface area (Å²) in [5.41, 5.74) is 8.42. The molecule has 0 aromatic heterocycles. The Morgan fingerprint density at radius 2 is 1.27 bits per heavy atom. The Morgan fingerprint density at radius 3 is 1.95 bits per heavy atom. The first kappa shape index (κ1) is 17.0. The molecule has 0 spiro atoms. The molecule has 2 N–H and O–H groups in total. The van der Waals surface area contributed by atoms with Crippen LogP contribution >= 0.6 is 0 Å². The topological polar surface area (TPSA) is 26.0 Å². The van der Waals surface area contributed by atoms with E-state index in [-0.39, 0.29) is 0 Å². The summed E-state index contributed by atoms with van der Waals surface area (Å²) in [5.74, 6) is 0. The van der Waals surface area contributed by atoms with E-state index in [1.54, 1.807) is 0 Å². The number of nitrogens with two attached hydrogens (primary N) is 1. The maximum absolute atomic E-state index is 5.74. The van der Waals surface area contributed by atoms with E-state index in [9.17, 15) is 0 Å². The highest BCUT2D eigenvalue weighted by Crippen LogP contribution is 2.19. The highest BCUT2D eigenvalue weighted by atomic mass is 14.5. The van der Waals surface area contributed by atoms with Gasteiger partial charge in [0.2, 0.25) is 0 Å². The fourth-order valence-corrected chi connectivity index (χ4v) is 3.09. The van der Waals surface area contributed by atoms with Gasteiger partial charge in [-0.25, -0.2) is 0 Å². The third-order valence-corrected chi connectivity index (χ3v) is 4.52. The van der Waals surface area contributed by atoms with Crippen LogP contribution in [0, 0.1) is 0 Å². The number of unbranched alkanes of at least 4 members (excludes halogenated alkanes) is 7. The molecule has 1 nitrogen and oxygen atoms in total. The lowest BCUT2D eigenvalue weighted by atomic mass is 10.00. The molecule has 0 amide bonds. The van der Waals surface area contributed by atoms with Crippen molar-refractivity contribution in [1.29, 1.82) is 0 Å². The molecule has 0 saturated carbocycles. The van der Waals surface area contributed by atoms with Gasteiger partial charge in [0.05, 0.1) is 0 Å². The molecule has 0 radical (unpaired) electrons. The third-order valence-electron chi connectivity index (χ3n) is 4.52. The maximum atomic E-state index is 5.74. The number of fused-ring (bicyclic) bond motifs is 1. The minimum absolute atomic E-state index is 0.623. The standard InChI is InChI=1S/C21H31N/c1-2-3-4-5-6-7-8-9-10-18-11-13-20-14-12-19(17-22)16-21(20)15-18/h11-16H,2-10,17,22H2,1H3. The van der Waals surface area contributed by atoms with Crippen LogP contribution in [0.5, 0.6) is 0 Å². The molecule has 0 atom stereocenters. The van der Waals surface area contributed by atoms with E-state index in [1.807, 2.05) is 0 Å². The summed E-state index contributed by atoms with van der Waals surface area (Å²) >= 11 is 0. The zero-order valence-corrected chi connectivity index (χ0v) is 14.1. The van der Waals surface area contributed by atoms with E-state index in [4.69, 9.17) is 5.73 Å². The van der Waals surface area contributed by atoms with Crippen molar-refractivity contribution in [2.45, 2.75) is 71.3 Å². The Bertz CT molecular complexity index is 559. The van der Waals surface area contributed by atoms with Crippen molar-refractivity contribution in [3.8, 4) is 0 Å². The highest BCUT2D eigenvalue weighted by molar-refractivity contribution is 5.83. The molecule has 0 bridgehead atoms. The molecule has 0 aliphatic carbocycles. The first-order chi connectivity index (χ1) is 10.8. The van der Waals surface area contributed by atoms with Crippen LogP contribution in [0.3, 0.4) is 0 Å². The summed E-state index contributed by atoms with van der Waals surface area (Å²) in [6.07, 6.45) is 12.3. The van der Waals surface area contributed by atoms with E-state index in [0.717, 1.165) is 0 Å². The lowest BCUT2D eigenvalue weighted by Gasteiger charge is -2.06. The molecule has 1 heteroatoms. The fourth-order valence-electron chi connectivity index (χ4n) is 3.09. The first-order valence-corrected chi connectivity index (χ1v) is 9.05. The summed E-state index contributed by atoms with van der Waals surface area (Å²) in [5, 5.41) is 2.65. The Labute approximate surface area is 135 Å². The van der Waals surface area contributed by atoms with Crippen molar-refractivity contribution in [1.82, 2.24) is 0 Å². The summed E-state index contributed by atoms with van der Waals surface area (Å²) in [6.45, 7) is 2.90. The minimum atomic E-state index is 0.623. The van der Waals surface area contributed by atoms with Gasteiger partial charge in [0.25, 0.3) is 0 Å². The van der Waals surface area contributed by atoms with Crippen molar-refractivity contribution < 1.29 is 0 Å². The van der Waals surface area contributed by atoms with Crippen LogP contribution < -0.4 is 5.73 Å². The van der Waals surface area contributed by atoms with Crippen LogP contribution in [0.15, 0.2) is 36.4 Å². The third kappa shape index (κ3) is 5.46. The number of hydrogen-bond donors (Lipinski definition) is 1. The smallest absolute Gasteiger partial charge is 0.0178 e. The van der Waals surface area contributed by atoms with Gasteiger partial charge < -0.3 is 5.73 Å². The van der Waals surface area contributed by atoms with Crippen LogP contribution in [0.25, 0.3) is 10.8 Å². The average Bonchev–Trinajstić information content (AvgIpc) is 2.56. The molecule has 0 fully saturated rings. The van der Waals surface area contributed by atoms with E-state index in [1.165, 1.54) is 79.7 Å². The van der Waals surface area contributed by atoms with Crippen molar-refractivity contribution in [2.24, 2.45) is 5.73 Å². The summed E-state index contributed by atoms with van der Waals surface area (Å²) in [7, 11) is 0. The lowest BCUT2D eigenvalue weighted by Crippen LogP contribution is -1.95. The van der Waals surface area contributed by atoms with Crippen LogP contribution in [0.4, 0.5) is 0 Å². The van der Waals surface area contributed by atoms with Gasteiger partial charge in [0, 0.05) is 6.54 Å². The molecule has 0 aliphatic heterocycles. The normalized spacial score (nSPS) is 11.2. The molecule has 0 aliphatic rings. The summed E-state index contributed by atoms with van der Waals surface area (Å²) in [4.78, 5) is 0. The predicted octanol–water partition coefficient (Wildman–Crippen LogP) is 5.98. The number of hydrogen-bond acceptors (Lipinski definition) is 1.